The van der Waals surface area contributed by atoms with Gasteiger partial charge >= 0.3 is 5.97 Å². The zero-order valence-electron chi connectivity index (χ0n) is 14.6. The van der Waals surface area contributed by atoms with Gasteiger partial charge in [-0.15, -0.1) is 0 Å². The van der Waals surface area contributed by atoms with Crippen LogP contribution < -0.4 is 10.3 Å². The average Bonchev–Trinajstić information content (AvgIpc) is 2.60. The molecule has 0 fully saturated rings. The standard InChI is InChI=1S/C18H18N2O6/c1-4-25-18(24)16-14(26-17(11(2)21)12(3)22)10-15(23)20(19-16)13-8-6-5-7-9-13/h5-10,17H,4H2,1-3H3. The number of para-hydroxylation sites is 1. The molecule has 2 aromatic rings. The van der Waals surface area contributed by atoms with E-state index in [2.05, 4.69) is 5.10 Å². The Morgan fingerprint density at radius 2 is 1.73 bits per heavy atom. The Bertz CT molecular complexity index is 874. The van der Waals surface area contributed by atoms with Crippen molar-refractivity contribution >= 4 is 17.5 Å². The van der Waals surface area contributed by atoms with Crippen LogP contribution in [0.5, 0.6) is 5.75 Å². The maximum absolute atomic E-state index is 12.4. The third-order valence-electron chi connectivity index (χ3n) is 3.35. The van der Waals surface area contributed by atoms with Crippen LogP contribution in [0.2, 0.25) is 0 Å². The average molecular weight is 358 g/mol. The molecule has 0 N–H and O–H groups in total. The van der Waals surface area contributed by atoms with Gasteiger partial charge in [-0.25, -0.2) is 4.79 Å². The molecular weight excluding hydrogens is 340 g/mol. The minimum absolute atomic E-state index is 0.0766. The first-order valence-corrected chi connectivity index (χ1v) is 7.89. The van der Waals surface area contributed by atoms with Gasteiger partial charge in [0.05, 0.1) is 18.4 Å². The molecule has 0 amide bonds. The number of Topliss-reactive ketones (excluding diaryl/α,β-unsaturated/α-hetero) is 2. The first kappa shape index (κ1) is 19.0. The summed E-state index contributed by atoms with van der Waals surface area (Å²) in [6, 6.07) is 9.46. The number of ether oxygens (including phenoxy) is 2. The minimum Gasteiger partial charge on any atom is -0.472 e. The first-order chi connectivity index (χ1) is 12.3. The van der Waals surface area contributed by atoms with E-state index in [1.54, 1.807) is 37.3 Å². The maximum Gasteiger partial charge on any atom is 0.362 e. The molecule has 1 aromatic carbocycles. The summed E-state index contributed by atoms with van der Waals surface area (Å²) in [4.78, 5) is 47.8. The molecule has 0 radical (unpaired) electrons. The summed E-state index contributed by atoms with van der Waals surface area (Å²) < 4.78 is 11.3. The number of carbonyl (C=O) groups excluding carboxylic acids is 3. The smallest absolute Gasteiger partial charge is 0.362 e. The Morgan fingerprint density at radius 1 is 1.12 bits per heavy atom. The lowest BCUT2D eigenvalue weighted by Crippen LogP contribution is -2.34. The highest BCUT2D eigenvalue weighted by Crippen LogP contribution is 2.18. The third kappa shape index (κ3) is 4.21. The highest BCUT2D eigenvalue weighted by atomic mass is 16.5. The molecule has 2 rings (SSSR count). The minimum atomic E-state index is -1.43. The lowest BCUT2D eigenvalue weighted by molar-refractivity contribution is -0.134. The van der Waals surface area contributed by atoms with Gasteiger partial charge in [-0.3, -0.25) is 14.4 Å². The molecule has 1 heterocycles. The predicted octanol–water partition coefficient (Wildman–Crippen LogP) is 1.33. The van der Waals surface area contributed by atoms with Crippen molar-refractivity contribution in [2.24, 2.45) is 0 Å². The fourth-order valence-corrected chi connectivity index (χ4v) is 2.20. The molecule has 0 saturated heterocycles. The fourth-order valence-electron chi connectivity index (χ4n) is 2.20. The summed E-state index contributed by atoms with van der Waals surface area (Å²) in [6.45, 7) is 4.04. The Balaban J connectivity index is 2.58. The normalized spacial score (nSPS) is 10.5. The van der Waals surface area contributed by atoms with Crippen LogP contribution in [0.15, 0.2) is 41.2 Å². The van der Waals surface area contributed by atoms with Crippen LogP contribution >= 0.6 is 0 Å². The Labute approximate surface area is 149 Å². The summed E-state index contributed by atoms with van der Waals surface area (Å²) >= 11 is 0. The Morgan fingerprint density at radius 3 is 2.27 bits per heavy atom. The monoisotopic (exact) mass is 358 g/mol. The topological polar surface area (TPSA) is 105 Å². The SMILES string of the molecule is CCOC(=O)c1nn(-c2ccccc2)c(=O)cc1OC(C(C)=O)C(C)=O. The number of hydrogen-bond acceptors (Lipinski definition) is 7. The quantitative estimate of drug-likeness (QED) is 0.543. The molecule has 0 aliphatic rings. The molecule has 1 aromatic heterocycles. The number of carbonyl (C=O) groups is 3. The van der Waals surface area contributed by atoms with E-state index in [1.807, 2.05) is 0 Å². The van der Waals surface area contributed by atoms with Crippen LogP contribution in [0, 0.1) is 0 Å². The second-order valence-corrected chi connectivity index (χ2v) is 5.38. The van der Waals surface area contributed by atoms with Gasteiger partial charge in [-0.05, 0) is 32.9 Å². The molecule has 0 unspecified atom stereocenters. The van der Waals surface area contributed by atoms with Crippen LogP contribution in [-0.2, 0) is 14.3 Å². The number of esters is 1. The Hall–Kier alpha value is -3.29. The van der Waals surface area contributed by atoms with Gasteiger partial charge < -0.3 is 9.47 Å². The lowest BCUT2D eigenvalue weighted by atomic mass is 10.2. The van der Waals surface area contributed by atoms with Gasteiger partial charge in [0.2, 0.25) is 11.8 Å². The summed E-state index contributed by atoms with van der Waals surface area (Å²) in [5, 5.41) is 4.01. The van der Waals surface area contributed by atoms with Crippen molar-refractivity contribution in [2.75, 3.05) is 6.61 Å². The Kier molecular flexibility index (Phi) is 6.00. The van der Waals surface area contributed by atoms with Crippen LogP contribution in [0.3, 0.4) is 0 Å². The van der Waals surface area contributed by atoms with Crippen molar-refractivity contribution < 1.29 is 23.9 Å². The molecule has 26 heavy (non-hydrogen) atoms. The maximum atomic E-state index is 12.4. The van der Waals surface area contributed by atoms with Gasteiger partial charge in [0.15, 0.2) is 17.3 Å². The highest BCUT2D eigenvalue weighted by Gasteiger charge is 2.27. The largest absolute Gasteiger partial charge is 0.472 e. The van der Waals surface area contributed by atoms with Crippen molar-refractivity contribution in [1.82, 2.24) is 9.78 Å². The van der Waals surface area contributed by atoms with Gasteiger partial charge in [0, 0.05) is 0 Å². The molecule has 0 atom stereocenters. The van der Waals surface area contributed by atoms with Crippen LogP contribution in [-0.4, -0.2) is 40.0 Å². The third-order valence-corrected chi connectivity index (χ3v) is 3.35. The van der Waals surface area contributed by atoms with Gasteiger partial charge in [-0.2, -0.15) is 9.78 Å². The first-order valence-electron chi connectivity index (χ1n) is 7.89. The number of aromatic nitrogens is 2. The van der Waals surface area contributed by atoms with Crippen molar-refractivity contribution in [3.63, 3.8) is 0 Å². The molecule has 8 nitrogen and oxygen atoms in total. The number of ketones is 2. The van der Waals surface area contributed by atoms with Crippen molar-refractivity contribution in [3.8, 4) is 11.4 Å². The molecule has 0 saturated carbocycles. The molecule has 8 heteroatoms. The fraction of sp³-hybridized carbons (Fsp3) is 0.278. The molecule has 0 aliphatic heterocycles. The molecule has 0 bridgehead atoms. The van der Waals surface area contributed by atoms with E-state index in [9.17, 15) is 19.2 Å². The predicted molar refractivity (Wildman–Crippen MR) is 91.6 cm³/mol. The summed E-state index contributed by atoms with van der Waals surface area (Å²) in [7, 11) is 0. The van der Waals surface area contributed by atoms with Crippen molar-refractivity contribution in [1.29, 1.82) is 0 Å². The van der Waals surface area contributed by atoms with E-state index in [0.717, 1.165) is 10.7 Å². The van der Waals surface area contributed by atoms with E-state index in [-0.39, 0.29) is 18.1 Å². The second-order valence-electron chi connectivity index (χ2n) is 5.38. The zero-order chi connectivity index (χ0) is 19.3. The molecular formula is C18H18N2O6. The van der Waals surface area contributed by atoms with E-state index in [0.29, 0.717) is 5.69 Å². The number of hydrogen-bond donors (Lipinski definition) is 0. The molecule has 0 spiro atoms. The zero-order valence-corrected chi connectivity index (χ0v) is 14.6. The summed E-state index contributed by atoms with van der Waals surface area (Å²) in [5.74, 6) is -2.23. The highest BCUT2D eigenvalue weighted by molar-refractivity contribution is 6.03. The van der Waals surface area contributed by atoms with E-state index in [1.165, 1.54) is 13.8 Å². The van der Waals surface area contributed by atoms with Gasteiger partial charge in [-0.1, -0.05) is 18.2 Å². The van der Waals surface area contributed by atoms with Crippen LogP contribution in [0.4, 0.5) is 0 Å². The van der Waals surface area contributed by atoms with Crippen molar-refractivity contribution in [2.45, 2.75) is 26.9 Å². The van der Waals surface area contributed by atoms with E-state index >= 15 is 0 Å². The lowest BCUT2D eigenvalue weighted by Gasteiger charge is -2.16. The number of rotatable bonds is 7. The second kappa shape index (κ2) is 8.19. The van der Waals surface area contributed by atoms with Gasteiger partial charge in [0.1, 0.15) is 0 Å². The number of nitrogens with zero attached hydrogens (tertiary/aromatic N) is 2. The van der Waals surface area contributed by atoms with E-state index < -0.39 is 29.2 Å². The van der Waals surface area contributed by atoms with Crippen molar-refractivity contribution in [3.05, 3.63) is 52.4 Å². The van der Waals surface area contributed by atoms with Gasteiger partial charge in [0.25, 0.3) is 5.56 Å². The summed E-state index contributed by atoms with van der Waals surface area (Å²) in [6.07, 6.45) is -1.43. The van der Waals surface area contributed by atoms with Crippen LogP contribution in [0.1, 0.15) is 31.3 Å². The molecule has 136 valence electrons. The molecule has 0 aliphatic carbocycles. The van der Waals surface area contributed by atoms with E-state index in [4.69, 9.17) is 9.47 Å². The summed E-state index contributed by atoms with van der Waals surface area (Å²) in [5.41, 5.74) is -0.461. The number of benzene rings is 1. The van der Waals surface area contributed by atoms with Crippen LogP contribution in [0.25, 0.3) is 5.69 Å².